The van der Waals surface area contributed by atoms with Gasteiger partial charge in [-0.15, -0.1) is 0 Å². The van der Waals surface area contributed by atoms with Crippen molar-refractivity contribution >= 4 is 29.8 Å². The van der Waals surface area contributed by atoms with Gasteiger partial charge in [0.25, 0.3) is 0 Å². The molecular weight excluding hydrogens is 364 g/mol. The zero-order chi connectivity index (χ0) is 21.0. The van der Waals surface area contributed by atoms with Crippen molar-refractivity contribution in [3.63, 3.8) is 0 Å². The van der Waals surface area contributed by atoms with E-state index in [0.29, 0.717) is 0 Å². The Morgan fingerprint density at radius 2 is 1.15 bits per heavy atom. The van der Waals surface area contributed by atoms with Crippen LogP contribution in [-0.2, 0) is 28.6 Å². The van der Waals surface area contributed by atoms with Gasteiger partial charge >= 0.3 is 29.8 Å². The van der Waals surface area contributed by atoms with Gasteiger partial charge in [-0.05, 0) is 12.1 Å². The monoisotopic (exact) mass is 384 g/mol. The van der Waals surface area contributed by atoms with E-state index in [0.717, 1.165) is 0 Å². The first-order chi connectivity index (χ1) is 12.5. The van der Waals surface area contributed by atoms with Crippen molar-refractivity contribution in [2.45, 2.75) is 26.9 Å². The molecule has 0 aliphatic rings. The van der Waals surface area contributed by atoms with Crippen LogP contribution in [0.5, 0.6) is 0 Å². The number of carbonyl (C=O) groups excluding carboxylic acids is 3. The molecule has 1 aromatic carbocycles. The van der Waals surface area contributed by atoms with Crippen LogP contribution in [0.1, 0.15) is 41.5 Å². The molecule has 0 spiro atoms. The molecule has 0 aliphatic carbocycles. The third-order valence-electron chi connectivity index (χ3n) is 2.67. The molecule has 2 N–H and O–H groups in total. The Balaban J connectivity index is 0.000000511. The van der Waals surface area contributed by atoms with Crippen LogP contribution in [0.4, 0.5) is 0 Å². The molecule has 1 rings (SSSR count). The summed E-state index contributed by atoms with van der Waals surface area (Å²) >= 11 is 0. The van der Waals surface area contributed by atoms with Crippen molar-refractivity contribution in [2.24, 2.45) is 0 Å². The second-order valence-electron chi connectivity index (χ2n) is 4.99. The van der Waals surface area contributed by atoms with Crippen molar-refractivity contribution in [1.29, 1.82) is 0 Å². The van der Waals surface area contributed by atoms with Crippen LogP contribution in [0.25, 0.3) is 0 Å². The van der Waals surface area contributed by atoms with E-state index in [1.54, 1.807) is 0 Å². The second-order valence-corrected chi connectivity index (χ2v) is 4.99. The number of aromatic carboxylic acids is 2. The van der Waals surface area contributed by atoms with Crippen molar-refractivity contribution in [3.05, 3.63) is 35.4 Å². The topological polar surface area (TPSA) is 154 Å². The zero-order valence-electron chi connectivity index (χ0n) is 15.0. The van der Waals surface area contributed by atoms with Crippen LogP contribution in [0.15, 0.2) is 24.3 Å². The predicted octanol–water partition coefficient (Wildman–Crippen LogP) is 1.13. The molecule has 148 valence electrons. The fourth-order valence-electron chi connectivity index (χ4n) is 1.63. The fourth-order valence-corrected chi connectivity index (χ4v) is 1.63. The van der Waals surface area contributed by atoms with Gasteiger partial charge in [-0.25, -0.2) is 9.59 Å². The summed E-state index contributed by atoms with van der Waals surface area (Å²) in [4.78, 5) is 52.6. The smallest absolute Gasteiger partial charge is 0.336 e. The highest BCUT2D eigenvalue weighted by Crippen LogP contribution is 2.07. The summed E-state index contributed by atoms with van der Waals surface area (Å²) < 4.78 is 14.0. The first-order valence-corrected chi connectivity index (χ1v) is 7.54. The van der Waals surface area contributed by atoms with Gasteiger partial charge in [0.05, 0.1) is 11.1 Å². The maximum atomic E-state index is 10.6. The Hall–Kier alpha value is -3.43. The molecule has 0 aromatic heterocycles. The first-order valence-electron chi connectivity index (χ1n) is 7.54. The van der Waals surface area contributed by atoms with E-state index >= 15 is 0 Å². The normalized spacial score (nSPS) is 9.48. The molecule has 0 saturated heterocycles. The largest absolute Gasteiger partial charge is 0.478 e. The third kappa shape index (κ3) is 10.9. The minimum absolute atomic E-state index is 0.123. The maximum absolute atomic E-state index is 10.6. The van der Waals surface area contributed by atoms with Crippen molar-refractivity contribution in [3.8, 4) is 0 Å². The Kier molecular flexibility index (Phi) is 10.5. The van der Waals surface area contributed by atoms with E-state index in [9.17, 15) is 24.0 Å². The summed E-state index contributed by atoms with van der Waals surface area (Å²) in [6, 6.07) is 5.48. The van der Waals surface area contributed by atoms with Crippen molar-refractivity contribution < 1.29 is 48.4 Å². The summed E-state index contributed by atoms with van der Waals surface area (Å²) in [6.45, 7) is 3.44. The Labute approximate surface area is 154 Å². The summed E-state index contributed by atoms with van der Waals surface area (Å²) in [7, 11) is 0. The molecule has 0 fully saturated rings. The Bertz CT molecular complexity index is 644. The molecule has 0 saturated carbocycles. The van der Waals surface area contributed by atoms with Gasteiger partial charge in [-0.2, -0.15) is 0 Å². The van der Waals surface area contributed by atoms with Crippen LogP contribution < -0.4 is 0 Å². The summed E-state index contributed by atoms with van der Waals surface area (Å²) in [6.07, 6.45) is -0.754. The van der Waals surface area contributed by atoms with Gasteiger partial charge < -0.3 is 24.4 Å². The Morgan fingerprint density at radius 3 is 1.41 bits per heavy atom. The first kappa shape index (κ1) is 23.6. The van der Waals surface area contributed by atoms with E-state index in [1.807, 2.05) is 0 Å². The van der Waals surface area contributed by atoms with Crippen LogP contribution in [0.2, 0.25) is 0 Å². The number of ether oxygens (including phenoxy) is 3. The van der Waals surface area contributed by atoms with Crippen molar-refractivity contribution in [2.75, 3.05) is 13.2 Å². The van der Waals surface area contributed by atoms with Gasteiger partial charge in [0, 0.05) is 20.8 Å². The quantitative estimate of drug-likeness (QED) is 0.516. The molecule has 0 unspecified atom stereocenters. The van der Waals surface area contributed by atoms with Crippen LogP contribution in [0, 0.1) is 0 Å². The lowest BCUT2D eigenvalue weighted by molar-refractivity contribution is -0.163. The molecule has 10 nitrogen and oxygen atoms in total. The molecule has 0 amide bonds. The highest BCUT2D eigenvalue weighted by atomic mass is 16.6. The number of esters is 3. The average Bonchev–Trinajstić information content (AvgIpc) is 2.57. The van der Waals surface area contributed by atoms with Gasteiger partial charge in [0.2, 0.25) is 0 Å². The second kappa shape index (κ2) is 12.0. The SMILES string of the molecule is CC(=O)OCC(COC(C)=O)OC(C)=O.O=C(O)c1ccccc1C(=O)O. The summed E-state index contributed by atoms with van der Waals surface area (Å²) in [5, 5.41) is 17.1. The standard InChI is InChI=1S/C9H14O6.C8H6O4/c1-6(10)13-4-9(15-8(3)12)5-14-7(2)11;9-7(10)5-3-1-2-4-6(5)8(11)12/h9H,4-5H2,1-3H3;1-4H,(H,9,10)(H,11,12). The number of benzene rings is 1. The van der Waals surface area contributed by atoms with E-state index < -0.39 is 36.0 Å². The van der Waals surface area contributed by atoms with Crippen LogP contribution >= 0.6 is 0 Å². The predicted molar refractivity (Wildman–Crippen MR) is 89.2 cm³/mol. The van der Waals surface area contributed by atoms with E-state index in [-0.39, 0.29) is 24.3 Å². The minimum Gasteiger partial charge on any atom is -0.478 e. The van der Waals surface area contributed by atoms with Gasteiger partial charge in [0.1, 0.15) is 13.2 Å². The molecule has 0 aliphatic heterocycles. The number of carbonyl (C=O) groups is 5. The maximum Gasteiger partial charge on any atom is 0.336 e. The number of rotatable bonds is 7. The summed E-state index contributed by atoms with van der Waals surface area (Å²) in [5.41, 5.74) is -0.380. The molecule has 0 radical (unpaired) electrons. The fraction of sp³-hybridized carbons (Fsp3) is 0.353. The molecule has 1 aromatic rings. The van der Waals surface area contributed by atoms with Gasteiger partial charge in [-0.1, -0.05) is 12.1 Å². The molecule has 0 heterocycles. The average molecular weight is 384 g/mol. The zero-order valence-corrected chi connectivity index (χ0v) is 15.0. The van der Waals surface area contributed by atoms with E-state index in [1.165, 1.54) is 45.0 Å². The molecular formula is C17H20O10. The highest BCUT2D eigenvalue weighted by molar-refractivity contribution is 6.01. The third-order valence-corrected chi connectivity index (χ3v) is 2.67. The van der Waals surface area contributed by atoms with E-state index in [4.69, 9.17) is 14.9 Å². The highest BCUT2D eigenvalue weighted by Gasteiger charge is 2.15. The van der Waals surface area contributed by atoms with E-state index in [2.05, 4.69) is 9.47 Å². The van der Waals surface area contributed by atoms with Crippen LogP contribution in [0.3, 0.4) is 0 Å². The number of carboxylic acid groups (broad SMARTS) is 2. The molecule has 0 bridgehead atoms. The Morgan fingerprint density at radius 1 is 0.778 bits per heavy atom. The minimum atomic E-state index is -1.23. The van der Waals surface area contributed by atoms with Crippen LogP contribution in [-0.4, -0.2) is 59.4 Å². The molecule has 10 heteroatoms. The number of hydrogen-bond donors (Lipinski definition) is 2. The van der Waals surface area contributed by atoms with Crippen molar-refractivity contribution in [1.82, 2.24) is 0 Å². The summed E-state index contributed by atoms with van der Waals surface area (Å²) in [5.74, 6) is -3.97. The molecule has 27 heavy (non-hydrogen) atoms. The number of carboxylic acids is 2. The van der Waals surface area contributed by atoms with Gasteiger partial charge in [-0.3, -0.25) is 14.4 Å². The molecule has 0 atom stereocenters. The lowest BCUT2D eigenvalue weighted by Crippen LogP contribution is -2.29. The number of hydrogen-bond acceptors (Lipinski definition) is 8. The lowest BCUT2D eigenvalue weighted by atomic mass is 10.1. The lowest BCUT2D eigenvalue weighted by Gasteiger charge is -2.15. The van der Waals surface area contributed by atoms with Gasteiger partial charge in [0.15, 0.2) is 6.10 Å².